The van der Waals surface area contributed by atoms with E-state index in [9.17, 15) is 18.5 Å². The summed E-state index contributed by atoms with van der Waals surface area (Å²) >= 11 is 12.0. The largest absolute Gasteiger partial charge is 0.369 e. The van der Waals surface area contributed by atoms with E-state index in [0.717, 1.165) is 5.69 Å². The third kappa shape index (κ3) is 3.89. The Labute approximate surface area is 167 Å². The van der Waals surface area contributed by atoms with Crippen molar-refractivity contribution >= 4 is 44.6 Å². The lowest BCUT2D eigenvalue weighted by atomic mass is 10.1. The van der Waals surface area contributed by atoms with Gasteiger partial charge in [-0.2, -0.15) is 4.31 Å². The Balaban J connectivity index is 1.76. The van der Waals surface area contributed by atoms with E-state index in [-0.39, 0.29) is 33.7 Å². The minimum absolute atomic E-state index is 0.00343. The third-order valence-corrected chi connectivity index (χ3v) is 7.39. The molecule has 0 unspecified atom stereocenters. The summed E-state index contributed by atoms with van der Waals surface area (Å²) in [6.07, 6.45) is 0. The van der Waals surface area contributed by atoms with Crippen LogP contribution in [0.25, 0.3) is 0 Å². The molecule has 1 heterocycles. The van der Waals surface area contributed by atoms with Gasteiger partial charge in [0.05, 0.1) is 15.0 Å². The van der Waals surface area contributed by atoms with E-state index in [1.54, 1.807) is 25.1 Å². The Morgan fingerprint density at radius 2 is 1.74 bits per heavy atom. The highest BCUT2D eigenvalue weighted by Gasteiger charge is 2.31. The van der Waals surface area contributed by atoms with E-state index in [0.29, 0.717) is 18.7 Å². The number of benzene rings is 2. The highest BCUT2D eigenvalue weighted by molar-refractivity contribution is 7.89. The molecule has 1 saturated heterocycles. The topological polar surface area (TPSA) is 83.8 Å². The first kappa shape index (κ1) is 19.9. The number of anilines is 1. The SMILES string of the molecule is Cc1cc(N2CCN(S(=O)(=O)c3cccc(Cl)c3Cl)CC2)ccc1[N+](=O)[O-]. The van der Waals surface area contributed by atoms with Crippen molar-refractivity contribution in [2.45, 2.75) is 11.8 Å². The van der Waals surface area contributed by atoms with E-state index < -0.39 is 14.9 Å². The molecule has 27 heavy (non-hydrogen) atoms. The zero-order chi connectivity index (χ0) is 19.8. The quantitative estimate of drug-likeness (QED) is 0.545. The van der Waals surface area contributed by atoms with Crippen molar-refractivity contribution < 1.29 is 13.3 Å². The Morgan fingerprint density at radius 1 is 1.07 bits per heavy atom. The van der Waals surface area contributed by atoms with E-state index in [2.05, 4.69) is 0 Å². The van der Waals surface area contributed by atoms with Gasteiger partial charge < -0.3 is 4.90 Å². The van der Waals surface area contributed by atoms with Crippen LogP contribution in [0.1, 0.15) is 5.56 Å². The van der Waals surface area contributed by atoms with Crippen molar-refractivity contribution in [3.05, 3.63) is 62.1 Å². The van der Waals surface area contributed by atoms with E-state index >= 15 is 0 Å². The smallest absolute Gasteiger partial charge is 0.272 e. The van der Waals surface area contributed by atoms with Crippen molar-refractivity contribution in [2.75, 3.05) is 31.1 Å². The normalized spacial score (nSPS) is 15.7. The predicted molar refractivity (Wildman–Crippen MR) is 105 cm³/mol. The van der Waals surface area contributed by atoms with E-state index in [4.69, 9.17) is 23.2 Å². The number of rotatable bonds is 4. The first-order valence-electron chi connectivity index (χ1n) is 8.16. The summed E-state index contributed by atoms with van der Waals surface area (Å²) in [5.41, 5.74) is 1.46. The zero-order valence-electron chi connectivity index (χ0n) is 14.4. The molecule has 7 nitrogen and oxygen atoms in total. The zero-order valence-corrected chi connectivity index (χ0v) is 16.8. The fourth-order valence-corrected chi connectivity index (χ4v) is 5.21. The van der Waals surface area contributed by atoms with Crippen molar-refractivity contribution in [1.29, 1.82) is 0 Å². The van der Waals surface area contributed by atoms with Crippen LogP contribution >= 0.6 is 23.2 Å². The van der Waals surface area contributed by atoms with Crippen LogP contribution in [0.15, 0.2) is 41.3 Å². The van der Waals surface area contributed by atoms with Gasteiger partial charge in [-0.15, -0.1) is 0 Å². The van der Waals surface area contributed by atoms with Crippen LogP contribution in [-0.4, -0.2) is 43.8 Å². The summed E-state index contributed by atoms with van der Waals surface area (Å²) in [5, 5.41) is 11.2. The molecule has 3 rings (SSSR count). The van der Waals surface area contributed by atoms with Gasteiger partial charge in [0.15, 0.2) is 0 Å². The summed E-state index contributed by atoms with van der Waals surface area (Å²) in [5.74, 6) is 0. The molecule has 0 bridgehead atoms. The van der Waals surface area contributed by atoms with Crippen molar-refractivity contribution in [3.8, 4) is 0 Å². The second-order valence-electron chi connectivity index (χ2n) is 6.17. The summed E-state index contributed by atoms with van der Waals surface area (Å²) in [4.78, 5) is 12.5. The van der Waals surface area contributed by atoms with Gasteiger partial charge in [-0.3, -0.25) is 10.1 Å². The van der Waals surface area contributed by atoms with Gasteiger partial charge in [0.2, 0.25) is 10.0 Å². The summed E-state index contributed by atoms with van der Waals surface area (Å²) in [6, 6.07) is 9.43. The minimum atomic E-state index is -3.75. The maximum absolute atomic E-state index is 12.9. The van der Waals surface area contributed by atoms with Crippen LogP contribution in [0.2, 0.25) is 10.0 Å². The maximum Gasteiger partial charge on any atom is 0.272 e. The number of aryl methyl sites for hydroxylation is 1. The van der Waals surface area contributed by atoms with Gasteiger partial charge >= 0.3 is 0 Å². The lowest BCUT2D eigenvalue weighted by molar-refractivity contribution is -0.385. The first-order valence-corrected chi connectivity index (χ1v) is 10.4. The highest BCUT2D eigenvalue weighted by atomic mass is 35.5. The molecular formula is C17H17Cl2N3O4S. The molecule has 10 heteroatoms. The standard InChI is InChI=1S/C17H17Cl2N3O4S/c1-12-11-13(5-6-15(12)22(23)24)20-7-9-21(10-8-20)27(25,26)16-4-2-3-14(18)17(16)19/h2-6,11H,7-10H2,1H3. The van der Waals surface area contributed by atoms with Gasteiger partial charge in [-0.25, -0.2) is 8.42 Å². The molecule has 144 valence electrons. The molecule has 0 aromatic heterocycles. The van der Waals surface area contributed by atoms with Crippen LogP contribution in [0.5, 0.6) is 0 Å². The van der Waals surface area contributed by atoms with Crippen molar-refractivity contribution in [3.63, 3.8) is 0 Å². The van der Waals surface area contributed by atoms with Gasteiger partial charge in [0.1, 0.15) is 4.90 Å². The molecular weight excluding hydrogens is 413 g/mol. The number of nitro benzene ring substituents is 1. The van der Waals surface area contributed by atoms with Crippen LogP contribution in [0.4, 0.5) is 11.4 Å². The molecule has 1 fully saturated rings. The molecule has 0 saturated carbocycles. The molecule has 0 N–H and O–H groups in total. The van der Waals surface area contributed by atoms with Gasteiger partial charge in [-0.1, -0.05) is 29.3 Å². The molecule has 0 atom stereocenters. The lowest BCUT2D eigenvalue weighted by Gasteiger charge is -2.35. The highest BCUT2D eigenvalue weighted by Crippen LogP contribution is 2.32. The monoisotopic (exact) mass is 429 g/mol. The maximum atomic E-state index is 12.9. The molecule has 2 aromatic rings. The Kier molecular flexibility index (Phi) is 5.62. The predicted octanol–water partition coefficient (Wildman–Crippen LogP) is 3.72. The second kappa shape index (κ2) is 7.63. The molecule has 0 spiro atoms. The lowest BCUT2D eigenvalue weighted by Crippen LogP contribution is -2.48. The average molecular weight is 430 g/mol. The number of hydrogen-bond acceptors (Lipinski definition) is 5. The Hall–Kier alpha value is -1.87. The molecule has 2 aromatic carbocycles. The second-order valence-corrected chi connectivity index (χ2v) is 8.86. The third-order valence-electron chi connectivity index (χ3n) is 4.51. The van der Waals surface area contributed by atoms with Crippen molar-refractivity contribution in [1.82, 2.24) is 4.31 Å². The first-order chi connectivity index (χ1) is 12.7. The molecule has 0 radical (unpaired) electrons. The number of piperazine rings is 1. The summed E-state index contributed by atoms with van der Waals surface area (Å²) in [7, 11) is -3.75. The number of sulfonamides is 1. The van der Waals surface area contributed by atoms with Crippen LogP contribution < -0.4 is 4.90 Å². The van der Waals surface area contributed by atoms with Crippen molar-refractivity contribution in [2.24, 2.45) is 0 Å². The van der Waals surface area contributed by atoms with Gasteiger partial charge in [0.25, 0.3) is 5.69 Å². The number of hydrogen-bond donors (Lipinski definition) is 0. The van der Waals surface area contributed by atoms with Crippen LogP contribution in [-0.2, 0) is 10.0 Å². The van der Waals surface area contributed by atoms with Gasteiger partial charge in [0, 0.05) is 43.5 Å². The number of nitrogens with zero attached hydrogens (tertiary/aromatic N) is 3. The molecule has 0 amide bonds. The van der Waals surface area contributed by atoms with Gasteiger partial charge in [-0.05, 0) is 31.2 Å². The van der Waals surface area contributed by atoms with Crippen LogP contribution in [0.3, 0.4) is 0 Å². The summed E-state index contributed by atoms with van der Waals surface area (Å²) < 4.78 is 27.1. The molecule has 1 aliphatic rings. The summed E-state index contributed by atoms with van der Waals surface area (Å²) in [6.45, 7) is 3.18. The minimum Gasteiger partial charge on any atom is -0.369 e. The number of halogens is 2. The Bertz CT molecular complexity index is 990. The average Bonchev–Trinajstić information content (AvgIpc) is 2.63. The van der Waals surface area contributed by atoms with Crippen LogP contribution in [0, 0.1) is 17.0 Å². The Morgan fingerprint density at radius 3 is 2.33 bits per heavy atom. The molecule has 1 aliphatic heterocycles. The van der Waals surface area contributed by atoms with E-state index in [1.165, 1.54) is 22.5 Å². The fraction of sp³-hybridized carbons (Fsp3) is 0.294. The fourth-order valence-electron chi connectivity index (χ4n) is 3.05. The van der Waals surface area contributed by atoms with E-state index in [1.807, 2.05) is 4.90 Å². The molecule has 0 aliphatic carbocycles. The number of nitro groups is 1.